The Labute approximate surface area is 241 Å². The number of methoxy groups -OCH3 is 1. The van der Waals surface area contributed by atoms with Crippen LogP contribution in [0.2, 0.25) is 0 Å². The number of ether oxygens (including phenoxy) is 2. The second-order valence-electron chi connectivity index (χ2n) is 11.7. The van der Waals surface area contributed by atoms with Crippen molar-refractivity contribution in [2.75, 3.05) is 7.11 Å². The Hall–Kier alpha value is -3.69. The summed E-state index contributed by atoms with van der Waals surface area (Å²) in [5.74, 6) is 0.457. The lowest BCUT2D eigenvalue weighted by Gasteiger charge is -2.38. The number of hydrogen-bond acceptors (Lipinski definition) is 3. The smallest absolute Gasteiger partial charge is 0.416 e. The van der Waals surface area contributed by atoms with E-state index < -0.39 is 41.7 Å². The first-order chi connectivity index (χ1) is 19.4. The van der Waals surface area contributed by atoms with E-state index in [0.717, 1.165) is 29.8 Å². The van der Waals surface area contributed by atoms with Crippen LogP contribution in [0.15, 0.2) is 54.6 Å². The predicted octanol–water partition coefficient (Wildman–Crippen LogP) is 9.48. The molecule has 0 saturated carbocycles. The molecule has 1 amide bonds. The van der Waals surface area contributed by atoms with Crippen molar-refractivity contribution in [1.82, 2.24) is 4.90 Å². The van der Waals surface area contributed by atoms with Gasteiger partial charge in [0.15, 0.2) is 0 Å². The van der Waals surface area contributed by atoms with E-state index in [1.807, 2.05) is 32.9 Å². The first-order valence-corrected chi connectivity index (χ1v) is 13.4. The molecule has 3 aromatic carbocycles. The Morgan fingerprint density at radius 3 is 2.07 bits per heavy atom. The highest BCUT2D eigenvalue weighted by molar-refractivity contribution is 5.76. The average molecular weight is 594 g/mol. The predicted molar refractivity (Wildman–Crippen MR) is 147 cm³/mol. The maximum atomic E-state index is 13.8. The number of rotatable bonds is 5. The van der Waals surface area contributed by atoms with Gasteiger partial charge in [0, 0.05) is 24.6 Å². The van der Waals surface area contributed by atoms with Crippen molar-refractivity contribution >= 4 is 6.09 Å². The first-order valence-electron chi connectivity index (χ1n) is 13.4. The summed E-state index contributed by atoms with van der Waals surface area (Å²) in [4.78, 5) is 14.5. The fraction of sp³-hybridized carbons (Fsp3) is 0.406. The number of carbonyl (C=O) groups excluding carboxylic acids is 1. The van der Waals surface area contributed by atoms with Crippen molar-refractivity contribution in [3.8, 4) is 16.9 Å². The van der Waals surface area contributed by atoms with Crippen LogP contribution in [-0.2, 0) is 29.0 Å². The van der Waals surface area contributed by atoms with Crippen LogP contribution in [0.1, 0.15) is 73.6 Å². The van der Waals surface area contributed by atoms with Gasteiger partial charge in [0.25, 0.3) is 0 Å². The highest BCUT2D eigenvalue weighted by Gasteiger charge is 2.37. The Morgan fingerprint density at radius 1 is 0.857 bits per heavy atom. The number of alkyl halides is 6. The molecule has 0 aromatic heterocycles. The van der Waals surface area contributed by atoms with Crippen LogP contribution in [0.3, 0.4) is 0 Å². The molecule has 1 aliphatic rings. The minimum absolute atomic E-state index is 0.156. The normalized spacial score (nSPS) is 18.2. The summed E-state index contributed by atoms with van der Waals surface area (Å²) in [6.07, 6.45) is -10.8. The van der Waals surface area contributed by atoms with Gasteiger partial charge in [0.1, 0.15) is 11.9 Å². The average Bonchev–Trinajstić information content (AvgIpc) is 2.88. The van der Waals surface area contributed by atoms with Crippen molar-refractivity contribution in [3.63, 3.8) is 0 Å². The molecule has 0 radical (unpaired) electrons. The van der Waals surface area contributed by atoms with E-state index in [9.17, 15) is 31.1 Å². The molecule has 1 fully saturated rings. The molecule has 10 heteroatoms. The van der Waals surface area contributed by atoms with E-state index in [0.29, 0.717) is 22.4 Å². The molecular weight excluding hydrogens is 560 g/mol. The number of amides is 1. The lowest BCUT2D eigenvalue weighted by atomic mass is 9.84. The van der Waals surface area contributed by atoms with Gasteiger partial charge in [-0.1, -0.05) is 44.5 Å². The van der Waals surface area contributed by atoms with Gasteiger partial charge in [-0.2, -0.15) is 26.3 Å². The zero-order chi connectivity index (χ0) is 31.2. The lowest BCUT2D eigenvalue weighted by Crippen LogP contribution is -2.44. The maximum absolute atomic E-state index is 13.8. The van der Waals surface area contributed by atoms with E-state index in [1.54, 1.807) is 13.0 Å². The maximum Gasteiger partial charge on any atom is 0.416 e. The number of hydrogen-bond donors (Lipinski definition) is 0. The topological polar surface area (TPSA) is 38.8 Å². The SMILES string of the molecule is COc1ccc(C(C)(C)C)cc1-c1ccc(C(F)(F)F)cc1CN1C(=O)O[C@H](c2cc(C)cc(C(F)(F)F)c2)C[C@@H]1C. The van der Waals surface area contributed by atoms with Crippen molar-refractivity contribution < 1.29 is 40.6 Å². The number of carbonyl (C=O) groups is 1. The Kier molecular flexibility index (Phi) is 8.32. The van der Waals surface area contributed by atoms with Crippen LogP contribution >= 0.6 is 0 Å². The third-order valence-electron chi connectivity index (χ3n) is 7.49. The highest BCUT2D eigenvalue weighted by atomic mass is 19.4. The van der Waals surface area contributed by atoms with Gasteiger partial charge in [-0.3, -0.25) is 0 Å². The second kappa shape index (κ2) is 11.2. The molecule has 2 atom stereocenters. The highest BCUT2D eigenvalue weighted by Crippen LogP contribution is 2.41. The molecule has 1 saturated heterocycles. The molecule has 4 nitrogen and oxygen atoms in total. The largest absolute Gasteiger partial charge is 0.496 e. The molecule has 226 valence electrons. The quantitative estimate of drug-likeness (QED) is 0.277. The molecular formula is C32H33F6NO3. The molecule has 0 N–H and O–H groups in total. The fourth-order valence-electron chi connectivity index (χ4n) is 5.17. The van der Waals surface area contributed by atoms with E-state index in [1.165, 1.54) is 31.1 Å². The Morgan fingerprint density at radius 2 is 1.50 bits per heavy atom. The minimum atomic E-state index is -4.62. The molecule has 0 bridgehead atoms. The molecule has 3 aromatic rings. The van der Waals surface area contributed by atoms with Crippen LogP contribution in [0.5, 0.6) is 5.75 Å². The number of halogens is 6. The van der Waals surface area contributed by atoms with Crippen LogP contribution in [-0.4, -0.2) is 24.1 Å². The van der Waals surface area contributed by atoms with Gasteiger partial charge in [-0.15, -0.1) is 0 Å². The summed E-state index contributed by atoms with van der Waals surface area (Å²) >= 11 is 0. The standard InChI is InChI=1S/C32H33F6NO3/c1-18-11-20(14-24(12-18)32(36,37)38)28-13-19(2)39(29(40)42-28)17-21-15-23(31(33,34)35)7-9-25(21)26-16-22(30(3,4)5)8-10-27(26)41-6/h7-12,14-16,19,28H,13,17H2,1-6H3/t19-,28-/m0/s1. The number of benzene rings is 3. The molecule has 1 heterocycles. The fourth-order valence-corrected chi connectivity index (χ4v) is 5.17. The summed E-state index contributed by atoms with van der Waals surface area (Å²) in [5.41, 5.74) is 0.809. The number of cyclic esters (lactones) is 1. The number of aryl methyl sites for hydroxylation is 1. The molecule has 0 unspecified atom stereocenters. The number of nitrogens with zero attached hydrogens (tertiary/aromatic N) is 1. The zero-order valence-electron chi connectivity index (χ0n) is 24.2. The summed E-state index contributed by atoms with van der Waals surface area (Å²) in [6.45, 7) is 9.05. The molecule has 42 heavy (non-hydrogen) atoms. The third-order valence-corrected chi connectivity index (χ3v) is 7.49. The monoisotopic (exact) mass is 593 g/mol. The third kappa shape index (κ3) is 6.68. The van der Waals surface area contributed by atoms with Gasteiger partial charge in [-0.05, 0) is 77.9 Å². The summed E-state index contributed by atoms with van der Waals surface area (Å²) in [5, 5.41) is 0. The van der Waals surface area contributed by atoms with Crippen molar-refractivity contribution in [2.45, 2.75) is 77.5 Å². The van der Waals surface area contributed by atoms with E-state index in [2.05, 4.69) is 0 Å². The van der Waals surface area contributed by atoms with Crippen molar-refractivity contribution in [3.05, 3.63) is 88.0 Å². The summed E-state index contributed by atoms with van der Waals surface area (Å²) < 4.78 is 92.7. The van der Waals surface area contributed by atoms with Crippen LogP contribution < -0.4 is 4.74 Å². The second-order valence-corrected chi connectivity index (χ2v) is 11.7. The summed E-state index contributed by atoms with van der Waals surface area (Å²) in [7, 11) is 1.47. The van der Waals surface area contributed by atoms with E-state index >= 15 is 0 Å². The van der Waals surface area contributed by atoms with Gasteiger partial charge in [0.05, 0.1) is 18.2 Å². The zero-order valence-corrected chi connectivity index (χ0v) is 24.2. The molecule has 0 spiro atoms. The minimum Gasteiger partial charge on any atom is -0.496 e. The van der Waals surface area contributed by atoms with E-state index in [4.69, 9.17) is 9.47 Å². The molecule has 0 aliphatic carbocycles. The lowest BCUT2D eigenvalue weighted by molar-refractivity contribution is -0.138. The van der Waals surface area contributed by atoms with Gasteiger partial charge < -0.3 is 14.4 Å². The van der Waals surface area contributed by atoms with Gasteiger partial charge in [-0.25, -0.2) is 4.79 Å². The van der Waals surface area contributed by atoms with Gasteiger partial charge in [0.2, 0.25) is 0 Å². The Balaban J connectivity index is 1.72. The summed E-state index contributed by atoms with van der Waals surface area (Å²) in [6, 6.07) is 11.9. The van der Waals surface area contributed by atoms with Gasteiger partial charge >= 0.3 is 18.4 Å². The van der Waals surface area contributed by atoms with Crippen LogP contribution in [0.4, 0.5) is 31.1 Å². The van der Waals surface area contributed by atoms with Crippen molar-refractivity contribution in [1.29, 1.82) is 0 Å². The first kappa shape index (κ1) is 31.3. The Bertz CT molecular complexity index is 1470. The van der Waals surface area contributed by atoms with Crippen LogP contribution in [0, 0.1) is 6.92 Å². The van der Waals surface area contributed by atoms with Crippen LogP contribution in [0.25, 0.3) is 11.1 Å². The molecule has 4 rings (SSSR count). The van der Waals surface area contributed by atoms with E-state index in [-0.39, 0.29) is 29.5 Å². The molecule has 1 aliphatic heterocycles. The van der Waals surface area contributed by atoms with Crippen molar-refractivity contribution in [2.24, 2.45) is 0 Å².